The number of benzene rings is 1. The lowest BCUT2D eigenvalue weighted by Gasteiger charge is -2.10. The Balaban J connectivity index is 0.00000169. The van der Waals surface area contributed by atoms with Crippen molar-refractivity contribution in [2.45, 2.75) is 12.5 Å². The maximum absolute atomic E-state index is 12.8. The number of aromatic hydroxyl groups is 1. The van der Waals surface area contributed by atoms with Gasteiger partial charge in [0.1, 0.15) is 0 Å². The van der Waals surface area contributed by atoms with Crippen LogP contribution in [0.2, 0.25) is 0 Å². The third kappa shape index (κ3) is 3.14. The maximum Gasteiger partial charge on any atom is 0.165 e. The van der Waals surface area contributed by atoms with E-state index in [4.69, 9.17) is 15.9 Å². The van der Waals surface area contributed by atoms with Crippen LogP contribution in [-0.4, -0.2) is 16.8 Å². The van der Waals surface area contributed by atoms with Gasteiger partial charge in [-0.05, 0) is 24.1 Å². The summed E-state index contributed by atoms with van der Waals surface area (Å²) < 4.78 is 12.8. The number of halogens is 2. The van der Waals surface area contributed by atoms with E-state index >= 15 is 0 Å². The fraction of sp³-hybridized carbons (Fsp3) is 0.333. The van der Waals surface area contributed by atoms with Crippen molar-refractivity contribution in [1.29, 1.82) is 0 Å². The average molecular weight is 222 g/mol. The van der Waals surface area contributed by atoms with E-state index in [9.17, 15) is 4.39 Å². The molecule has 0 aliphatic heterocycles. The van der Waals surface area contributed by atoms with Crippen LogP contribution in [0.15, 0.2) is 18.2 Å². The molecule has 0 aliphatic carbocycles. The standard InChI is InChI=1S/C9H12FNO2.ClH/c10-7-5-6(1-2-9(7)13)8(11)3-4-12;/h1-2,5,8,12-13H,3-4,11H2;1H/t8-;/m0./s1. The summed E-state index contributed by atoms with van der Waals surface area (Å²) in [5.74, 6) is -1.08. The Morgan fingerprint density at radius 2 is 2.07 bits per heavy atom. The molecule has 4 N–H and O–H groups in total. The first-order chi connectivity index (χ1) is 6.15. The van der Waals surface area contributed by atoms with Crippen molar-refractivity contribution in [1.82, 2.24) is 0 Å². The molecule has 0 aromatic heterocycles. The first-order valence-electron chi connectivity index (χ1n) is 4.00. The molecule has 0 saturated heterocycles. The quantitative estimate of drug-likeness (QED) is 0.722. The molecule has 0 radical (unpaired) electrons. The zero-order chi connectivity index (χ0) is 9.84. The van der Waals surface area contributed by atoms with Crippen molar-refractivity contribution in [2.24, 2.45) is 5.73 Å². The van der Waals surface area contributed by atoms with Gasteiger partial charge in [-0.25, -0.2) is 4.39 Å². The van der Waals surface area contributed by atoms with E-state index < -0.39 is 5.82 Å². The molecule has 0 amide bonds. The van der Waals surface area contributed by atoms with Gasteiger partial charge in [-0.1, -0.05) is 6.07 Å². The third-order valence-electron chi connectivity index (χ3n) is 1.84. The summed E-state index contributed by atoms with van der Waals surface area (Å²) in [7, 11) is 0. The van der Waals surface area contributed by atoms with Crippen molar-refractivity contribution in [2.75, 3.05) is 6.61 Å². The van der Waals surface area contributed by atoms with Gasteiger partial charge in [-0.15, -0.1) is 12.4 Å². The Labute approximate surface area is 87.8 Å². The highest BCUT2D eigenvalue weighted by atomic mass is 35.5. The molecule has 0 heterocycles. The van der Waals surface area contributed by atoms with Gasteiger partial charge in [0.15, 0.2) is 11.6 Å². The first-order valence-corrected chi connectivity index (χ1v) is 4.00. The van der Waals surface area contributed by atoms with Crippen molar-refractivity contribution in [3.63, 3.8) is 0 Å². The van der Waals surface area contributed by atoms with E-state index in [1.165, 1.54) is 12.1 Å². The predicted molar refractivity (Wildman–Crippen MR) is 53.9 cm³/mol. The number of hydrogen-bond acceptors (Lipinski definition) is 3. The minimum absolute atomic E-state index is 0. The van der Waals surface area contributed by atoms with Gasteiger partial charge in [-0.3, -0.25) is 0 Å². The highest BCUT2D eigenvalue weighted by Crippen LogP contribution is 2.20. The van der Waals surface area contributed by atoms with Crippen LogP contribution in [0.3, 0.4) is 0 Å². The summed E-state index contributed by atoms with van der Waals surface area (Å²) in [5, 5.41) is 17.5. The lowest BCUT2D eigenvalue weighted by Crippen LogP contribution is -2.11. The Hall–Kier alpha value is -0.840. The molecule has 14 heavy (non-hydrogen) atoms. The van der Waals surface area contributed by atoms with Gasteiger partial charge in [0, 0.05) is 12.6 Å². The molecule has 0 bridgehead atoms. The third-order valence-corrected chi connectivity index (χ3v) is 1.84. The first kappa shape index (κ1) is 13.2. The monoisotopic (exact) mass is 221 g/mol. The number of aliphatic hydroxyl groups excluding tert-OH is 1. The molecule has 0 saturated carbocycles. The Morgan fingerprint density at radius 3 is 2.57 bits per heavy atom. The number of rotatable bonds is 3. The second-order valence-corrected chi connectivity index (χ2v) is 2.83. The summed E-state index contributed by atoms with van der Waals surface area (Å²) in [6, 6.07) is 3.58. The molecule has 1 aromatic rings. The molecule has 5 heteroatoms. The number of hydrogen-bond donors (Lipinski definition) is 3. The topological polar surface area (TPSA) is 66.5 Å². The van der Waals surface area contributed by atoms with E-state index in [2.05, 4.69) is 0 Å². The average Bonchev–Trinajstić information content (AvgIpc) is 2.10. The van der Waals surface area contributed by atoms with Crippen LogP contribution in [0.25, 0.3) is 0 Å². The minimum Gasteiger partial charge on any atom is -0.505 e. The number of aliphatic hydroxyl groups is 1. The van der Waals surface area contributed by atoms with E-state index in [1.807, 2.05) is 0 Å². The Bertz CT molecular complexity index is 296. The zero-order valence-electron chi connectivity index (χ0n) is 7.48. The van der Waals surface area contributed by atoms with E-state index in [0.29, 0.717) is 12.0 Å². The Kier molecular flexibility index (Phi) is 5.45. The fourth-order valence-corrected chi connectivity index (χ4v) is 1.06. The second kappa shape index (κ2) is 5.80. The number of nitrogens with two attached hydrogens (primary N) is 1. The van der Waals surface area contributed by atoms with Crippen LogP contribution < -0.4 is 5.73 Å². The van der Waals surface area contributed by atoms with Crippen LogP contribution in [0.1, 0.15) is 18.0 Å². The molecule has 0 aliphatic rings. The maximum atomic E-state index is 12.8. The Morgan fingerprint density at radius 1 is 1.43 bits per heavy atom. The molecular weight excluding hydrogens is 209 g/mol. The predicted octanol–water partition coefficient (Wildman–Crippen LogP) is 1.34. The molecular formula is C9H13ClFNO2. The van der Waals surface area contributed by atoms with Crippen molar-refractivity contribution in [3.8, 4) is 5.75 Å². The van der Waals surface area contributed by atoms with Crippen molar-refractivity contribution >= 4 is 12.4 Å². The molecule has 3 nitrogen and oxygen atoms in total. The van der Waals surface area contributed by atoms with Crippen LogP contribution in [0, 0.1) is 5.82 Å². The second-order valence-electron chi connectivity index (χ2n) is 2.83. The lowest BCUT2D eigenvalue weighted by atomic mass is 10.0. The summed E-state index contributed by atoms with van der Waals surface area (Å²) in [5.41, 5.74) is 6.19. The van der Waals surface area contributed by atoms with Gasteiger partial charge in [0.2, 0.25) is 0 Å². The van der Waals surface area contributed by atoms with E-state index in [-0.39, 0.29) is 30.8 Å². The van der Waals surface area contributed by atoms with Gasteiger partial charge in [0.25, 0.3) is 0 Å². The van der Waals surface area contributed by atoms with E-state index in [0.717, 1.165) is 0 Å². The summed E-state index contributed by atoms with van der Waals surface area (Å²) in [4.78, 5) is 0. The molecule has 1 atom stereocenters. The highest BCUT2D eigenvalue weighted by Gasteiger charge is 2.08. The SMILES string of the molecule is Cl.N[C@@H](CCO)c1ccc(O)c(F)c1. The summed E-state index contributed by atoms with van der Waals surface area (Å²) >= 11 is 0. The van der Waals surface area contributed by atoms with Crippen LogP contribution in [0.4, 0.5) is 4.39 Å². The molecule has 80 valence electrons. The normalized spacial score (nSPS) is 11.9. The molecule has 0 unspecified atom stereocenters. The fourth-order valence-electron chi connectivity index (χ4n) is 1.06. The largest absolute Gasteiger partial charge is 0.505 e. The van der Waals surface area contributed by atoms with Crippen LogP contribution in [0.5, 0.6) is 5.75 Å². The minimum atomic E-state index is -0.689. The molecule has 1 aromatic carbocycles. The highest BCUT2D eigenvalue weighted by molar-refractivity contribution is 5.85. The lowest BCUT2D eigenvalue weighted by molar-refractivity contribution is 0.276. The molecule has 0 spiro atoms. The number of phenolic OH excluding ortho intramolecular Hbond substituents is 1. The van der Waals surface area contributed by atoms with Crippen molar-refractivity contribution in [3.05, 3.63) is 29.6 Å². The van der Waals surface area contributed by atoms with Crippen LogP contribution in [-0.2, 0) is 0 Å². The van der Waals surface area contributed by atoms with Crippen molar-refractivity contribution < 1.29 is 14.6 Å². The van der Waals surface area contributed by atoms with Gasteiger partial charge < -0.3 is 15.9 Å². The number of phenols is 1. The molecule has 0 fully saturated rings. The van der Waals surface area contributed by atoms with E-state index in [1.54, 1.807) is 6.07 Å². The van der Waals surface area contributed by atoms with Crippen LogP contribution >= 0.6 is 12.4 Å². The summed E-state index contributed by atoms with van der Waals surface area (Å²) in [6.07, 6.45) is 0.379. The van der Waals surface area contributed by atoms with Gasteiger partial charge in [-0.2, -0.15) is 0 Å². The van der Waals surface area contributed by atoms with Gasteiger partial charge in [0.05, 0.1) is 0 Å². The zero-order valence-corrected chi connectivity index (χ0v) is 8.30. The van der Waals surface area contributed by atoms with Gasteiger partial charge >= 0.3 is 0 Å². The smallest absolute Gasteiger partial charge is 0.165 e. The summed E-state index contributed by atoms with van der Waals surface area (Å²) in [6.45, 7) is -0.0380. The molecule has 1 rings (SSSR count).